The van der Waals surface area contributed by atoms with Crippen LogP contribution in [0.25, 0.3) is 0 Å². The number of rotatable bonds is 6. The highest BCUT2D eigenvalue weighted by Crippen LogP contribution is 2.36. The third-order valence-corrected chi connectivity index (χ3v) is 3.72. The second kappa shape index (κ2) is 8.68. The third kappa shape index (κ3) is 5.41. The fraction of sp³-hybridized carbons (Fsp3) is 0.333. The van der Waals surface area contributed by atoms with Gasteiger partial charge in [0.15, 0.2) is 0 Å². The molecule has 7 nitrogen and oxygen atoms in total. The minimum atomic E-state index is -4.76. The van der Waals surface area contributed by atoms with Gasteiger partial charge in [-0.05, 0) is 30.7 Å². The summed E-state index contributed by atoms with van der Waals surface area (Å²) in [6.45, 7) is 3.39. The summed E-state index contributed by atoms with van der Waals surface area (Å²) < 4.78 is 41.2. The van der Waals surface area contributed by atoms with Crippen LogP contribution >= 0.6 is 0 Å². The van der Waals surface area contributed by atoms with Gasteiger partial charge in [0.25, 0.3) is 11.5 Å². The van der Waals surface area contributed by atoms with Crippen molar-refractivity contribution in [2.24, 2.45) is 0 Å². The van der Waals surface area contributed by atoms with Crippen LogP contribution in [0.2, 0.25) is 0 Å². The van der Waals surface area contributed by atoms with Crippen molar-refractivity contribution in [3.63, 3.8) is 0 Å². The Morgan fingerprint density at radius 2 is 1.86 bits per heavy atom. The van der Waals surface area contributed by atoms with E-state index in [1.54, 1.807) is 0 Å². The number of nitrogens with zero attached hydrogens (tertiary/aromatic N) is 2. The highest BCUT2D eigenvalue weighted by atomic mass is 19.4. The van der Waals surface area contributed by atoms with Crippen molar-refractivity contribution < 1.29 is 22.8 Å². The molecule has 0 spiro atoms. The number of halogens is 3. The first-order chi connectivity index (χ1) is 13.1. The lowest BCUT2D eigenvalue weighted by Gasteiger charge is -2.15. The molecule has 0 radical (unpaired) electrons. The maximum Gasteiger partial charge on any atom is 0.418 e. The Bertz CT molecular complexity index is 938. The summed E-state index contributed by atoms with van der Waals surface area (Å²) in [5.74, 6) is -1.41. The van der Waals surface area contributed by atoms with Gasteiger partial charge in [0.1, 0.15) is 5.69 Å². The molecule has 1 heterocycles. The fourth-order valence-corrected chi connectivity index (χ4v) is 2.39. The van der Waals surface area contributed by atoms with Crippen LogP contribution in [-0.4, -0.2) is 21.6 Å². The Morgan fingerprint density at radius 1 is 1.14 bits per heavy atom. The first kappa shape index (κ1) is 21.1. The molecule has 0 unspecified atom stereocenters. The van der Waals surface area contributed by atoms with Gasteiger partial charge in [-0.3, -0.25) is 14.4 Å². The molecule has 0 saturated carbocycles. The molecule has 0 aliphatic heterocycles. The van der Waals surface area contributed by atoms with Crippen LogP contribution < -0.4 is 16.2 Å². The van der Waals surface area contributed by atoms with Gasteiger partial charge < -0.3 is 10.6 Å². The Labute approximate surface area is 158 Å². The number of aryl methyl sites for hydroxylation is 1. The van der Waals surface area contributed by atoms with E-state index in [9.17, 15) is 27.6 Å². The Hall–Kier alpha value is -3.17. The van der Waals surface area contributed by atoms with E-state index in [1.807, 2.05) is 6.92 Å². The van der Waals surface area contributed by atoms with Crippen LogP contribution in [0.3, 0.4) is 0 Å². The average molecular weight is 396 g/mol. The van der Waals surface area contributed by atoms with Gasteiger partial charge in [-0.25, -0.2) is 4.68 Å². The zero-order chi connectivity index (χ0) is 20.9. The molecule has 0 fully saturated rings. The fourth-order valence-electron chi connectivity index (χ4n) is 2.39. The van der Waals surface area contributed by atoms with Crippen molar-refractivity contribution >= 4 is 23.2 Å². The molecular formula is C18H19F3N4O3. The molecule has 2 aromatic rings. The van der Waals surface area contributed by atoms with E-state index >= 15 is 0 Å². The van der Waals surface area contributed by atoms with E-state index in [0.717, 1.165) is 35.4 Å². The largest absolute Gasteiger partial charge is 0.418 e. The molecule has 0 aliphatic carbocycles. The summed E-state index contributed by atoms with van der Waals surface area (Å²) in [6, 6.07) is 5.30. The van der Waals surface area contributed by atoms with Crippen LogP contribution in [-0.2, 0) is 17.5 Å². The van der Waals surface area contributed by atoms with Crippen LogP contribution in [0.5, 0.6) is 0 Å². The number of carbonyl (C=O) groups excluding carboxylic acids is 2. The molecule has 2 N–H and O–H groups in total. The smallest absolute Gasteiger partial charge is 0.326 e. The van der Waals surface area contributed by atoms with E-state index in [0.29, 0.717) is 13.0 Å². The number of anilines is 2. The van der Waals surface area contributed by atoms with Crippen molar-refractivity contribution in [1.82, 2.24) is 9.78 Å². The number of unbranched alkanes of at least 4 members (excludes halogenated alkanes) is 1. The van der Waals surface area contributed by atoms with Gasteiger partial charge >= 0.3 is 6.18 Å². The standard InChI is InChI=1S/C18H19F3N4O3/c1-3-4-9-25-16(27)8-7-15(24-25)17(28)23-14-6-5-12(22-11(2)26)10-13(14)18(19,20)21/h5-8,10H,3-4,9H2,1-2H3,(H,22,26)(H,23,28). The SMILES string of the molecule is CCCCn1nc(C(=O)Nc2ccc(NC(C)=O)cc2C(F)(F)F)ccc1=O. The highest BCUT2D eigenvalue weighted by Gasteiger charge is 2.34. The van der Waals surface area contributed by atoms with Gasteiger partial charge in [-0.15, -0.1) is 0 Å². The van der Waals surface area contributed by atoms with E-state index in [2.05, 4.69) is 15.7 Å². The summed E-state index contributed by atoms with van der Waals surface area (Å²) in [4.78, 5) is 35.2. The first-order valence-corrected chi connectivity index (χ1v) is 8.50. The van der Waals surface area contributed by atoms with Crippen LogP contribution in [0.1, 0.15) is 42.7 Å². The van der Waals surface area contributed by atoms with Crippen LogP contribution in [0.4, 0.5) is 24.5 Å². The van der Waals surface area contributed by atoms with E-state index < -0.39 is 34.8 Å². The summed E-state index contributed by atoms with van der Waals surface area (Å²) in [5, 5.41) is 8.34. The summed E-state index contributed by atoms with van der Waals surface area (Å²) >= 11 is 0. The van der Waals surface area contributed by atoms with Gasteiger partial charge in [0.2, 0.25) is 5.91 Å². The lowest BCUT2D eigenvalue weighted by molar-refractivity contribution is -0.137. The maximum atomic E-state index is 13.4. The van der Waals surface area contributed by atoms with Gasteiger partial charge in [0.05, 0.1) is 11.3 Å². The normalized spacial score (nSPS) is 11.2. The Balaban J connectivity index is 2.33. The number of alkyl halides is 3. The molecule has 0 saturated heterocycles. The molecule has 10 heteroatoms. The number of aromatic nitrogens is 2. The maximum absolute atomic E-state index is 13.4. The molecule has 28 heavy (non-hydrogen) atoms. The zero-order valence-electron chi connectivity index (χ0n) is 15.3. The van der Waals surface area contributed by atoms with Crippen molar-refractivity contribution in [2.75, 3.05) is 10.6 Å². The van der Waals surface area contributed by atoms with Crippen LogP contribution in [0, 0.1) is 0 Å². The summed E-state index contributed by atoms with van der Waals surface area (Å²) in [7, 11) is 0. The lowest BCUT2D eigenvalue weighted by Crippen LogP contribution is -2.26. The zero-order valence-corrected chi connectivity index (χ0v) is 15.3. The van der Waals surface area contributed by atoms with Gasteiger partial charge in [-0.1, -0.05) is 13.3 Å². The Kier molecular flexibility index (Phi) is 6.55. The molecule has 0 bridgehead atoms. The van der Waals surface area contributed by atoms with E-state index in [1.165, 1.54) is 13.0 Å². The van der Waals surface area contributed by atoms with E-state index in [-0.39, 0.29) is 11.4 Å². The number of carbonyl (C=O) groups is 2. The molecule has 150 valence electrons. The predicted octanol–water partition coefficient (Wildman–Crippen LogP) is 3.27. The number of hydrogen-bond donors (Lipinski definition) is 2. The third-order valence-electron chi connectivity index (χ3n) is 3.72. The number of nitrogens with one attached hydrogen (secondary N) is 2. The number of benzene rings is 1. The molecule has 1 aromatic heterocycles. The predicted molar refractivity (Wildman–Crippen MR) is 97.1 cm³/mol. The van der Waals surface area contributed by atoms with Crippen molar-refractivity contribution in [3.05, 3.63) is 51.9 Å². The molecular weight excluding hydrogens is 377 g/mol. The van der Waals surface area contributed by atoms with E-state index in [4.69, 9.17) is 0 Å². The average Bonchev–Trinajstić information content (AvgIpc) is 2.60. The van der Waals surface area contributed by atoms with Gasteiger partial charge in [-0.2, -0.15) is 18.3 Å². The second-order valence-corrected chi connectivity index (χ2v) is 6.03. The molecule has 2 amide bonds. The van der Waals surface area contributed by atoms with Crippen LogP contribution in [0.15, 0.2) is 35.1 Å². The molecule has 1 aromatic carbocycles. The molecule has 0 atom stereocenters. The lowest BCUT2D eigenvalue weighted by atomic mass is 10.1. The van der Waals surface area contributed by atoms with Crippen molar-refractivity contribution in [2.45, 2.75) is 39.4 Å². The summed E-state index contributed by atoms with van der Waals surface area (Å²) in [5.41, 5.74) is -2.24. The topological polar surface area (TPSA) is 93.1 Å². The molecule has 0 aliphatic rings. The Morgan fingerprint density at radius 3 is 2.46 bits per heavy atom. The minimum absolute atomic E-state index is 0.0518. The van der Waals surface area contributed by atoms with Gasteiger partial charge in [0, 0.05) is 25.2 Å². The number of hydrogen-bond acceptors (Lipinski definition) is 4. The monoisotopic (exact) mass is 396 g/mol. The summed E-state index contributed by atoms with van der Waals surface area (Å²) in [6.07, 6.45) is -3.29. The number of amides is 2. The highest BCUT2D eigenvalue weighted by molar-refractivity contribution is 6.03. The van der Waals surface area contributed by atoms with Crippen molar-refractivity contribution in [3.8, 4) is 0 Å². The molecule has 2 rings (SSSR count). The first-order valence-electron chi connectivity index (χ1n) is 8.50. The minimum Gasteiger partial charge on any atom is -0.326 e. The quantitative estimate of drug-likeness (QED) is 0.784. The van der Waals surface area contributed by atoms with Crippen molar-refractivity contribution in [1.29, 1.82) is 0 Å². The second-order valence-electron chi connectivity index (χ2n) is 6.03.